The molecule has 142 valence electrons. The van der Waals surface area contributed by atoms with Crippen LogP contribution in [0.4, 0.5) is 18.9 Å². The molecule has 3 aromatic rings. The molecule has 0 radical (unpaired) electrons. The Morgan fingerprint density at radius 3 is 2.44 bits per heavy atom. The average Bonchev–Trinajstić information content (AvgIpc) is 2.92. The maximum atomic E-state index is 13.2. The van der Waals surface area contributed by atoms with Gasteiger partial charge in [0.05, 0.1) is 11.3 Å². The van der Waals surface area contributed by atoms with Crippen molar-refractivity contribution in [2.24, 2.45) is 0 Å². The molecule has 2 aromatic carbocycles. The largest absolute Gasteiger partial charge is 0.418 e. The minimum Gasteiger partial charge on any atom is -0.337 e. The monoisotopic (exact) mass is 374 g/mol. The zero-order valence-electron chi connectivity index (χ0n) is 15.4. The van der Waals surface area contributed by atoms with Gasteiger partial charge in [-0.1, -0.05) is 25.1 Å². The van der Waals surface area contributed by atoms with E-state index in [9.17, 15) is 18.0 Å². The van der Waals surface area contributed by atoms with Gasteiger partial charge in [0.2, 0.25) is 0 Å². The first kappa shape index (κ1) is 19.0. The molecule has 0 fully saturated rings. The molecule has 0 saturated heterocycles. The third kappa shape index (κ3) is 3.44. The summed E-state index contributed by atoms with van der Waals surface area (Å²) in [6, 6.07) is 11.0. The molecule has 1 aromatic heterocycles. The molecule has 1 heterocycles. The first-order valence-electron chi connectivity index (χ1n) is 8.87. The van der Waals surface area contributed by atoms with Gasteiger partial charge in [-0.3, -0.25) is 4.79 Å². The number of aryl methyl sites for hydroxylation is 3. The fraction of sp³-hybridized carbons (Fsp3) is 0.286. The molecule has 0 bridgehead atoms. The summed E-state index contributed by atoms with van der Waals surface area (Å²) in [4.78, 5) is 12.9. The zero-order valence-corrected chi connectivity index (χ0v) is 15.4. The van der Waals surface area contributed by atoms with Gasteiger partial charge < -0.3 is 9.88 Å². The summed E-state index contributed by atoms with van der Waals surface area (Å²) in [7, 11) is 0. The van der Waals surface area contributed by atoms with Crippen molar-refractivity contribution in [3.05, 3.63) is 64.8 Å². The third-order valence-electron chi connectivity index (χ3n) is 4.80. The highest BCUT2D eigenvalue weighted by atomic mass is 19.4. The smallest absolute Gasteiger partial charge is 0.337 e. The predicted octanol–water partition coefficient (Wildman–Crippen LogP) is 5.80. The lowest BCUT2D eigenvalue weighted by atomic mass is 10.1. The molecule has 1 amide bonds. The van der Waals surface area contributed by atoms with Crippen LogP contribution in [0.3, 0.4) is 0 Å². The van der Waals surface area contributed by atoms with E-state index in [4.69, 9.17) is 0 Å². The van der Waals surface area contributed by atoms with Gasteiger partial charge in [-0.05, 0) is 55.7 Å². The Bertz CT molecular complexity index is 1000. The van der Waals surface area contributed by atoms with E-state index in [2.05, 4.69) is 12.2 Å². The van der Waals surface area contributed by atoms with E-state index >= 15 is 0 Å². The van der Waals surface area contributed by atoms with Gasteiger partial charge in [-0.25, -0.2) is 0 Å². The van der Waals surface area contributed by atoms with Crippen molar-refractivity contribution in [3.63, 3.8) is 0 Å². The van der Waals surface area contributed by atoms with E-state index in [1.54, 1.807) is 0 Å². The van der Waals surface area contributed by atoms with Crippen LogP contribution in [-0.2, 0) is 19.1 Å². The predicted molar refractivity (Wildman–Crippen MR) is 101 cm³/mol. The molecule has 0 spiro atoms. The van der Waals surface area contributed by atoms with Gasteiger partial charge in [-0.15, -0.1) is 0 Å². The highest BCUT2D eigenvalue weighted by molar-refractivity contribution is 6.08. The number of hydrogen-bond donors (Lipinski definition) is 1. The first-order valence-corrected chi connectivity index (χ1v) is 8.87. The van der Waals surface area contributed by atoms with Crippen molar-refractivity contribution in [3.8, 4) is 0 Å². The summed E-state index contributed by atoms with van der Waals surface area (Å²) < 4.78 is 41.5. The van der Waals surface area contributed by atoms with Crippen LogP contribution >= 0.6 is 0 Å². The van der Waals surface area contributed by atoms with E-state index in [0.717, 1.165) is 34.5 Å². The van der Waals surface area contributed by atoms with E-state index < -0.39 is 17.6 Å². The second kappa shape index (κ2) is 7.10. The number of carbonyl (C=O) groups is 1. The normalized spacial score (nSPS) is 11.8. The Labute approximate surface area is 155 Å². The Morgan fingerprint density at radius 2 is 1.81 bits per heavy atom. The second-order valence-corrected chi connectivity index (χ2v) is 6.42. The Hall–Kier alpha value is -2.76. The molecule has 3 rings (SSSR count). The Morgan fingerprint density at radius 1 is 1.11 bits per heavy atom. The number of carbonyl (C=O) groups excluding carboxylic acids is 1. The summed E-state index contributed by atoms with van der Waals surface area (Å²) >= 11 is 0. The fourth-order valence-corrected chi connectivity index (χ4v) is 3.43. The van der Waals surface area contributed by atoms with Gasteiger partial charge in [0.1, 0.15) is 5.69 Å². The summed E-state index contributed by atoms with van der Waals surface area (Å²) in [5.74, 6) is -0.541. The molecule has 3 nitrogen and oxygen atoms in total. The fourth-order valence-electron chi connectivity index (χ4n) is 3.43. The van der Waals surface area contributed by atoms with Crippen molar-refractivity contribution >= 4 is 22.5 Å². The number of nitrogens with zero attached hydrogens (tertiary/aromatic N) is 1. The van der Waals surface area contributed by atoms with E-state index in [1.165, 1.54) is 18.2 Å². The molecular weight excluding hydrogens is 353 g/mol. The summed E-state index contributed by atoms with van der Waals surface area (Å²) in [5.41, 5.74) is 2.11. The van der Waals surface area contributed by atoms with Gasteiger partial charge in [0.25, 0.3) is 5.91 Å². The number of fused-ring (bicyclic) bond motifs is 1. The number of alkyl halides is 3. The Kier molecular flexibility index (Phi) is 5.00. The molecule has 0 aliphatic rings. The zero-order chi connectivity index (χ0) is 19.8. The van der Waals surface area contributed by atoms with Crippen molar-refractivity contribution in [2.45, 2.75) is 39.9 Å². The summed E-state index contributed by atoms with van der Waals surface area (Å²) in [6.07, 6.45) is -3.67. The standard InChI is InChI=1S/C21H21F3N2O/c1-4-14-10-11-18-15(12-14)13(3)19(26(18)5-2)20(27)25-17-9-7-6-8-16(17)21(22,23)24/h6-12H,4-5H2,1-3H3,(H,25,27). The number of rotatable bonds is 4. The molecule has 1 N–H and O–H groups in total. The van der Waals surface area contributed by atoms with E-state index in [0.29, 0.717) is 12.2 Å². The SMILES string of the molecule is CCc1ccc2c(c1)c(C)c(C(=O)Nc1ccccc1C(F)(F)F)n2CC. The molecule has 0 aliphatic heterocycles. The maximum Gasteiger partial charge on any atom is 0.418 e. The third-order valence-corrected chi connectivity index (χ3v) is 4.80. The average molecular weight is 374 g/mol. The molecule has 27 heavy (non-hydrogen) atoms. The lowest BCUT2D eigenvalue weighted by Gasteiger charge is -2.15. The molecule has 0 atom stereocenters. The first-order chi connectivity index (χ1) is 12.8. The lowest BCUT2D eigenvalue weighted by Crippen LogP contribution is -2.20. The van der Waals surface area contributed by atoms with Crippen LogP contribution in [0.1, 0.15) is 41.0 Å². The number of benzene rings is 2. The summed E-state index contributed by atoms with van der Waals surface area (Å²) in [6.45, 7) is 6.33. The number of nitrogens with one attached hydrogen (secondary N) is 1. The Balaban J connectivity index is 2.08. The molecular formula is C21H21F3N2O. The van der Waals surface area contributed by atoms with Crippen LogP contribution in [0.25, 0.3) is 10.9 Å². The summed E-state index contributed by atoms with van der Waals surface area (Å²) in [5, 5.41) is 3.41. The van der Waals surface area contributed by atoms with Crippen LogP contribution in [0, 0.1) is 6.92 Å². The second-order valence-electron chi connectivity index (χ2n) is 6.42. The van der Waals surface area contributed by atoms with Crippen LogP contribution in [0.15, 0.2) is 42.5 Å². The number of halogens is 3. The molecule has 0 saturated carbocycles. The number of aromatic nitrogens is 1. The highest BCUT2D eigenvalue weighted by Crippen LogP contribution is 2.35. The van der Waals surface area contributed by atoms with Crippen LogP contribution < -0.4 is 5.32 Å². The van der Waals surface area contributed by atoms with Crippen molar-refractivity contribution in [2.75, 3.05) is 5.32 Å². The number of hydrogen-bond acceptors (Lipinski definition) is 1. The van der Waals surface area contributed by atoms with Gasteiger partial charge >= 0.3 is 6.18 Å². The van der Waals surface area contributed by atoms with Crippen LogP contribution in [0.2, 0.25) is 0 Å². The maximum absolute atomic E-state index is 13.2. The molecule has 0 aliphatic carbocycles. The number of anilines is 1. The minimum absolute atomic E-state index is 0.239. The highest BCUT2D eigenvalue weighted by Gasteiger charge is 2.34. The molecule has 0 unspecified atom stereocenters. The van der Waals surface area contributed by atoms with Crippen molar-refractivity contribution < 1.29 is 18.0 Å². The van der Waals surface area contributed by atoms with Crippen LogP contribution in [-0.4, -0.2) is 10.5 Å². The van der Waals surface area contributed by atoms with E-state index in [1.807, 2.05) is 36.6 Å². The van der Waals surface area contributed by atoms with Gasteiger partial charge in [0, 0.05) is 17.4 Å². The van der Waals surface area contributed by atoms with Crippen LogP contribution in [0.5, 0.6) is 0 Å². The van der Waals surface area contributed by atoms with Crippen molar-refractivity contribution in [1.82, 2.24) is 4.57 Å². The number of para-hydroxylation sites is 1. The van der Waals surface area contributed by atoms with Gasteiger partial charge in [0.15, 0.2) is 0 Å². The lowest BCUT2D eigenvalue weighted by molar-refractivity contribution is -0.136. The van der Waals surface area contributed by atoms with Gasteiger partial charge in [-0.2, -0.15) is 13.2 Å². The van der Waals surface area contributed by atoms with E-state index in [-0.39, 0.29) is 5.69 Å². The quantitative estimate of drug-likeness (QED) is 0.615. The minimum atomic E-state index is -4.54. The number of amides is 1. The molecule has 6 heteroatoms. The van der Waals surface area contributed by atoms with Crippen molar-refractivity contribution in [1.29, 1.82) is 0 Å². The topological polar surface area (TPSA) is 34.0 Å².